The summed E-state index contributed by atoms with van der Waals surface area (Å²) in [7, 11) is 0. The summed E-state index contributed by atoms with van der Waals surface area (Å²) in [5, 5.41) is 10.7. The van der Waals surface area contributed by atoms with E-state index < -0.39 is 6.10 Å². The standard InChI is InChI=1S/C18H20O/c1-12-5-3-6-13(2)17(12)18(19)16-10-9-14-7-4-8-15(14)11-16/h3,5-6,9-11,18-19H,4,7-8H2,1-2H3. The van der Waals surface area contributed by atoms with Crippen LogP contribution in [0.1, 0.15) is 45.9 Å². The summed E-state index contributed by atoms with van der Waals surface area (Å²) < 4.78 is 0. The van der Waals surface area contributed by atoms with Gasteiger partial charge in [-0.05, 0) is 66.5 Å². The Morgan fingerprint density at radius 1 is 0.947 bits per heavy atom. The summed E-state index contributed by atoms with van der Waals surface area (Å²) in [5.41, 5.74) is 7.28. The highest BCUT2D eigenvalue weighted by atomic mass is 16.3. The Kier molecular flexibility index (Phi) is 3.16. The molecule has 2 aromatic rings. The van der Waals surface area contributed by atoms with Gasteiger partial charge in [-0.25, -0.2) is 0 Å². The first-order valence-corrected chi connectivity index (χ1v) is 7.02. The van der Waals surface area contributed by atoms with Crippen LogP contribution in [-0.4, -0.2) is 5.11 Å². The van der Waals surface area contributed by atoms with Gasteiger partial charge in [0.1, 0.15) is 6.10 Å². The average Bonchev–Trinajstić information content (AvgIpc) is 2.85. The molecule has 0 aliphatic heterocycles. The van der Waals surface area contributed by atoms with Crippen LogP contribution in [0.25, 0.3) is 0 Å². The van der Waals surface area contributed by atoms with E-state index in [-0.39, 0.29) is 0 Å². The summed E-state index contributed by atoms with van der Waals surface area (Å²) in [5.74, 6) is 0. The maximum atomic E-state index is 10.7. The van der Waals surface area contributed by atoms with Crippen molar-refractivity contribution in [1.82, 2.24) is 0 Å². The van der Waals surface area contributed by atoms with E-state index in [9.17, 15) is 5.11 Å². The number of fused-ring (bicyclic) bond motifs is 1. The van der Waals surface area contributed by atoms with Gasteiger partial charge in [0.2, 0.25) is 0 Å². The average molecular weight is 252 g/mol. The number of aliphatic hydroxyl groups is 1. The van der Waals surface area contributed by atoms with Gasteiger partial charge in [-0.2, -0.15) is 0 Å². The van der Waals surface area contributed by atoms with Crippen LogP contribution in [0.5, 0.6) is 0 Å². The van der Waals surface area contributed by atoms with Crippen molar-refractivity contribution in [3.8, 4) is 0 Å². The van der Waals surface area contributed by atoms with Crippen molar-refractivity contribution >= 4 is 0 Å². The van der Waals surface area contributed by atoms with Gasteiger partial charge in [0, 0.05) is 0 Å². The molecule has 1 unspecified atom stereocenters. The Morgan fingerprint density at radius 3 is 2.37 bits per heavy atom. The van der Waals surface area contributed by atoms with E-state index in [0.717, 1.165) is 28.7 Å². The maximum absolute atomic E-state index is 10.7. The van der Waals surface area contributed by atoms with Gasteiger partial charge in [-0.3, -0.25) is 0 Å². The molecule has 3 rings (SSSR count). The predicted molar refractivity (Wildman–Crippen MR) is 78.4 cm³/mol. The van der Waals surface area contributed by atoms with Crippen LogP contribution >= 0.6 is 0 Å². The molecule has 1 atom stereocenters. The second-order valence-electron chi connectivity index (χ2n) is 5.59. The molecule has 19 heavy (non-hydrogen) atoms. The molecule has 0 saturated heterocycles. The van der Waals surface area contributed by atoms with Gasteiger partial charge in [0.15, 0.2) is 0 Å². The Hall–Kier alpha value is -1.60. The number of hydrogen-bond donors (Lipinski definition) is 1. The monoisotopic (exact) mass is 252 g/mol. The fourth-order valence-corrected chi connectivity index (χ4v) is 3.19. The van der Waals surface area contributed by atoms with Crippen molar-refractivity contribution < 1.29 is 5.11 Å². The largest absolute Gasteiger partial charge is 0.384 e. The van der Waals surface area contributed by atoms with Gasteiger partial charge in [-0.15, -0.1) is 0 Å². The zero-order valence-corrected chi connectivity index (χ0v) is 11.6. The van der Waals surface area contributed by atoms with Gasteiger partial charge in [0.25, 0.3) is 0 Å². The van der Waals surface area contributed by atoms with Crippen molar-refractivity contribution in [2.24, 2.45) is 0 Å². The number of rotatable bonds is 2. The zero-order valence-electron chi connectivity index (χ0n) is 11.6. The second-order valence-corrected chi connectivity index (χ2v) is 5.59. The molecule has 0 radical (unpaired) electrons. The van der Waals surface area contributed by atoms with Gasteiger partial charge >= 0.3 is 0 Å². The molecule has 0 amide bonds. The fraction of sp³-hybridized carbons (Fsp3) is 0.333. The summed E-state index contributed by atoms with van der Waals surface area (Å²) in [4.78, 5) is 0. The van der Waals surface area contributed by atoms with Crippen LogP contribution in [0.4, 0.5) is 0 Å². The molecule has 0 fully saturated rings. The lowest BCUT2D eigenvalue weighted by atomic mass is 9.92. The maximum Gasteiger partial charge on any atom is 0.105 e. The molecule has 2 aromatic carbocycles. The molecule has 1 nitrogen and oxygen atoms in total. The number of benzene rings is 2. The Bertz CT molecular complexity index is 593. The van der Waals surface area contributed by atoms with Crippen LogP contribution in [0.3, 0.4) is 0 Å². The van der Waals surface area contributed by atoms with Gasteiger partial charge < -0.3 is 5.11 Å². The lowest BCUT2D eigenvalue weighted by Gasteiger charge is -2.17. The molecule has 98 valence electrons. The Labute approximate surface area is 114 Å². The number of aryl methyl sites for hydroxylation is 4. The molecule has 1 N–H and O–H groups in total. The van der Waals surface area contributed by atoms with E-state index in [1.54, 1.807) is 0 Å². The molecule has 0 spiro atoms. The minimum Gasteiger partial charge on any atom is -0.384 e. The third-order valence-electron chi connectivity index (χ3n) is 4.25. The molecule has 0 heterocycles. The topological polar surface area (TPSA) is 20.2 Å². The summed E-state index contributed by atoms with van der Waals surface area (Å²) in [6.07, 6.45) is 3.09. The minimum absolute atomic E-state index is 0.507. The zero-order chi connectivity index (χ0) is 13.4. The number of hydrogen-bond acceptors (Lipinski definition) is 1. The smallest absolute Gasteiger partial charge is 0.105 e. The molecular weight excluding hydrogens is 232 g/mol. The number of aliphatic hydroxyl groups excluding tert-OH is 1. The highest BCUT2D eigenvalue weighted by molar-refractivity contribution is 5.43. The van der Waals surface area contributed by atoms with Crippen molar-refractivity contribution in [3.05, 3.63) is 69.8 Å². The molecule has 0 aromatic heterocycles. The van der Waals surface area contributed by atoms with Crippen LogP contribution in [0.15, 0.2) is 36.4 Å². The molecule has 1 aliphatic rings. The van der Waals surface area contributed by atoms with Crippen LogP contribution in [-0.2, 0) is 12.8 Å². The first kappa shape index (κ1) is 12.4. The molecule has 1 aliphatic carbocycles. The Balaban J connectivity index is 2.02. The Morgan fingerprint density at radius 2 is 1.63 bits per heavy atom. The minimum atomic E-state index is -0.507. The third-order valence-corrected chi connectivity index (χ3v) is 4.25. The second kappa shape index (κ2) is 4.82. The van der Waals surface area contributed by atoms with E-state index >= 15 is 0 Å². The molecule has 1 heteroatoms. The highest BCUT2D eigenvalue weighted by Crippen LogP contribution is 2.31. The summed E-state index contributed by atoms with van der Waals surface area (Å²) in [6.45, 7) is 4.14. The molecular formula is C18H20O. The molecule has 0 bridgehead atoms. The van der Waals surface area contributed by atoms with E-state index in [1.165, 1.54) is 24.0 Å². The van der Waals surface area contributed by atoms with Crippen molar-refractivity contribution in [3.63, 3.8) is 0 Å². The normalized spacial score (nSPS) is 15.3. The van der Waals surface area contributed by atoms with Crippen LogP contribution in [0, 0.1) is 13.8 Å². The van der Waals surface area contributed by atoms with Crippen molar-refractivity contribution in [1.29, 1.82) is 0 Å². The van der Waals surface area contributed by atoms with Crippen LogP contribution < -0.4 is 0 Å². The van der Waals surface area contributed by atoms with E-state index in [1.807, 2.05) is 6.07 Å². The quantitative estimate of drug-likeness (QED) is 0.860. The first-order chi connectivity index (χ1) is 9.16. The highest BCUT2D eigenvalue weighted by Gasteiger charge is 2.18. The van der Waals surface area contributed by atoms with Gasteiger partial charge in [-0.1, -0.05) is 36.4 Å². The summed E-state index contributed by atoms with van der Waals surface area (Å²) in [6, 6.07) is 12.6. The first-order valence-electron chi connectivity index (χ1n) is 7.02. The summed E-state index contributed by atoms with van der Waals surface area (Å²) >= 11 is 0. The third kappa shape index (κ3) is 2.19. The molecule has 0 saturated carbocycles. The fourth-order valence-electron chi connectivity index (χ4n) is 3.19. The van der Waals surface area contributed by atoms with E-state index in [0.29, 0.717) is 0 Å². The van der Waals surface area contributed by atoms with E-state index in [4.69, 9.17) is 0 Å². The lowest BCUT2D eigenvalue weighted by molar-refractivity contribution is 0.218. The van der Waals surface area contributed by atoms with Crippen LogP contribution in [0.2, 0.25) is 0 Å². The SMILES string of the molecule is Cc1cccc(C)c1C(O)c1ccc2c(c1)CCC2. The predicted octanol–water partition coefficient (Wildman–Crippen LogP) is 3.87. The van der Waals surface area contributed by atoms with Crippen molar-refractivity contribution in [2.45, 2.75) is 39.2 Å². The lowest BCUT2D eigenvalue weighted by Crippen LogP contribution is -2.05. The van der Waals surface area contributed by atoms with Gasteiger partial charge in [0.05, 0.1) is 0 Å². The van der Waals surface area contributed by atoms with Crippen molar-refractivity contribution in [2.75, 3.05) is 0 Å². The van der Waals surface area contributed by atoms with E-state index in [2.05, 4.69) is 44.2 Å².